The van der Waals surface area contributed by atoms with E-state index in [1.165, 1.54) is 39.3 Å². The van der Waals surface area contributed by atoms with Gasteiger partial charge in [-0.3, -0.25) is 0 Å². The molecule has 0 saturated heterocycles. The molecule has 0 N–H and O–H groups in total. The summed E-state index contributed by atoms with van der Waals surface area (Å²) in [6, 6.07) is 0. The second-order valence-corrected chi connectivity index (χ2v) is 16.2. The number of alkyl halides is 6. The molecule has 0 amide bonds. The zero-order chi connectivity index (χ0) is 15.2. The van der Waals surface area contributed by atoms with Crippen LogP contribution in [0.2, 0.25) is 39.3 Å². The van der Waals surface area contributed by atoms with Gasteiger partial charge < -0.3 is 0 Å². The zero-order valence-corrected chi connectivity index (χ0v) is 13.3. The van der Waals surface area contributed by atoms with Crippen molar-refractivity contribution in [2.24, 2.45) is 0 Å². The first kappa shape index (κ1) is 17.8. The molecule has 0 aliphatic heterocycles. The van der Waals surface area contributed by atoms with Crippen molar-refractivity contribution < 1.29 is 26.3 Å². The van der Waals surface area contributed by atoms with Crippen LogP contribution in [-0.4, -0.2) is 28.5 Å². The van der Waals surface area contributed by atoms with Gasteiger partial charge in [0.2, 0.25) is 0 Å². The van der Waals surface area contributed by atoms with Crippen LogP contribution in [0.5, 0.6) is 0 Å². The SMILES string of the molecule is C[Si](C)(C)/C(=C(\C(F)(F)F)[Si](C)(C)C)C(F)(F)F. The normalized spacial score (nSPS) is 16.7. The van der Waals surface area contributed by atoms with E-state index in [-0.39, 0.29) is 0 Å². The van der Waals surface area contributed by atoms with Crippen LogP contribution in [0.4, 0.5) is 26.3 Å². The molecular formula is C10H18F6Si2. The summed E-state index contributed by atoms with van der Waals surface area (Å²) in [6.07, 6.45) is -9.81. The monoisotopic (exact) mass is 308 g/mol. The van der Waals surface area contributed by atoms with Gasteiger partial charge in [0, 0.05) is 10.4 Å². The maximum absolute atomic E-state index is 13.0. The van der Waals surface area contributed by atoms with Crippen molar-refractivity contribution in [1.29, 1.82) is 0 Å². The lowest BCUT2D eigenvalue weighted by Gasteiger charge is -2.33. The van der Waals surface area contributed by atoms with Gasteiger partial charge in [-0.2, -0.15) is 26.3 Å². The number of hydrogen-bond donors (Lipinski definition) is 0. The summed E-state index contributed by atoms with van der Waals surface area (Å²) in [5, 5.41) is -2.61. The fourth-order valence-electron chi connectivity index (χ4n) is 1.88. The molecule has 0 fully saturated rings. The smallest absolute Gasteiger partial charge is 0.167 e. The van der Waals surface area contributed by atoms with Crippen LogP contribution in [0, 0.1) is 0 Å². The van der Waals surface area contributed by atoms with Gasteiger partial charge >= 0.3 is 12.4 Å². The second-order valence-electron chi connectivity index (χ2n) is 6.25. The molecule has 0 aromatic carbocycles. The summed E-state index contributed by atoms with van der Waals surface area (Å²) in [6.45, 7) is 7.76. The van der Waals surface area contributed by atoms with Gasteiger partial charge in [0.15, 0.2) is 0 Å². The molecule has 0 unspecified atom stereocenters. The highest BCUT2D eigenvalue weighted by Gasteiger charge is 2.53. The standard InChI is InChI=1S/C10H18F6Si2/c1-17(2,3)7(9(11,12)13)8(10(14,15)16)18(4,5)6/h1-6H3/b8-7+. The van der Waals surface area contributed by atoms with Gasteiger partial charge in [0.1, 0.15) is 0 Å². The quantitative estimate of drug-likeness (QED) is 0.488. The van der Waals surface area contributed by atoms with E-state index in [1.54, 1.807) is 0 Å². The van der Waals surface area contributed by atoms with Gasteiger partial charge in [0.05, 0.1) is 16.1 Å². The van der Waals surface area contributed by atoms with E-state index >= 15 is 0 Å². The maximum Gasteiger partial charge on any atom is 0.409 e. The Morgan fingerprint density at radius 2 is 0.722 bits per heavy atom. The highest BCUT2D eigenvalue weighted by atomic mass is 28.3. The fraction of sp³-hybridized carbons (Fsp3) is 0.800. The third kappa shape index (κ3) is 4.45. The van der Waals surface area contributed by atoms with Crippen molar-refractivity contribution in [1.82, 2.24) is 0 Å². The highest BCUT2D eigenvalue weighted by molar-refractivity contribution is 6.89. The third-order valence-electron chi connectivity index (χ3n) is 2.32. The van der Waals surface area contributed by atoms with Crippen LogP contribution >= 0.6 is 0 Å². The number of halogens is 6. The Morgan fingerprint density at radius 1 is 0.556 bits per heavy atom. The molecule has 0 aliphatic rings. The van der Waals surface area contributed by atoms with E-state index < -0.39 is 38.9 Å². The van der Waals surface area contributed by atoms with Gasteiger partial charge in [-0.25, -0.2) is 0 Å². The van der Waals surface area contributed by atoms with Gasteiger partial charge in [0.25, 0.3) is 0 Å². The molecule has 0 spiro atoms. The first-order valence-electron chi connectivity index (χ1n) is 5.38. The highest BCUT2D eigenvalue weighted by Crippen LogP contribution is 2.44. The van der Waals surface area contributed by atoms with E-state index in [1.807, 2.05) is 0 Å². The number of hydrogen-bond acceptors (Lipinski definition) is 0. The summed E-state index contributed by atoms with van der Waals surface area (Å²) in [5.74, 6) is 0. The van der Waals surface area contributed by atoms with Gasteiger partial charge in [-0.15, -0.1) is 0 Å². The zero-order valence-electron chi connectivity index (χ0n) is 11.3. The Balaban J connectivity index is 6.44. The number of allylic oxidation sites excluding steroid dienone is 2. The summed E-state index contributed by atoms with van der Waals surface area (Å²) < 4.78 is 78.2. The molecule has 0 bridgehead atoms. The van der Waals surface area contributed by atoms with Crippen molar-refractivity contribution in [3.63, 3.8) is 0 Å². The molecular weight excluding hydrogens is 290 g/mol. The van der Waals surface area contributed by atoms with Gasteiger partial charge in [-0.05, 0) is 0 Å². The van der Waals surface area contributed by atoms with Crippen molar-refractivity contribution >= 4 is 16.1 Å². The molecule has 18 heavy (non-hydrogen) atoms. The minimum absolute atomic E-state index is 1.29. The molecule has 0 heterocycles. The van der Waals surface area contributed by atoms with Gasteiger partial charge in [-0.1, -0.05) is 39.3 Å². The molecule has 0 atom stereocenters. The molecule has 0 nitrogen and oxygen atoms in total. The lowest BCUT2D eigenvalue weighted by Crippen LogP contribution is -2.45. The molecule has 0 aliphatic carbocycles. The lowest BCUT2D eigenvalue weighted by molar-refractivity contribution is -0.106. The van der Waals surface area contributed by atoms with Crippen LogP contribution in [0.15, 0.2) is 10.4 Å². The Kier molecular flexibility index (Phi) is 4.63. The van der Waals surface area contributed by atoms with E-state index in [4.69, 9.17) is 0 Å². The predicted octanol–water partition coefficient (Wildman–Crippen LogP) is 5.16. The molecule has 0 aromatic rings. The van der Waals surface area contributed by atoms with Crippen LogP contribution in [0.3, 0.4) is 0 Å². The van der Waals surface area contributed by atoms with Crippen molar-refractivity contribution in [2.45, 2.75) is 51.6 Å². The van der Waals surface area contributed by atoms with Crippen molar-refractivity contribution in [3.8, 4) is 0 Å². The summed E-state index contributed by atoms with van der Waals surface area (Å²) in [7, 11) is -6.27. The van der Waals surface area contributed by atoms with E-state index in [2.05, 4.69) is 0 Å². The Hall–Kier alpha value is -0.246. The van der Waals surface area contributed by atoms with E-state index in [0.29, 0.717) is 0 Å². The minimum Gasteiger partial charge on any atom is -0.167 e. The van der Waals surface area contributed by atoms with Crippen LogP contribution < -0.4 is 0 Å². The third-order valence-corrected chi connectivity index (χ3v) is 6.63. The molecule has 8 heteroatoms. The number of rotatable bonds is 2. The van der Waals surface area contributed by atoms with E-state index in [9.17, 15) is 26.3 Å². The average Bonchev–Trinajstić information content (AvgIpc) is 1.89. The van der Waals surface area contributed by atoms with Crippen LogP contribution in [0.1, 0.15) is 0 Å². The summed E-state index contributed by atoms with van der Waals surface area (Å²) >= 11 is 0. The molecule has 0 saturated carbocycles. The molecule has 0 rings (SSSR count). The second kappa shape index (κ2) is 4.70. The Labute approximate surface area is 105 Å². The first-order valence-corrected chi connectivity index (χ1v) is 12.4. The Bertz CT molecular complexity index is 271. The Morgan fingerprint density at radius 3 is 0.778 bits per heavy atom. The van der Waals surface area contributed by atoms with Crippen LogP contribution in [-0.2, 0) is 0 Å². The fourth-order valence-corrected chi connectivity index (χ4v) is 7.62. The predicted molar refractivity (Wildman–Crippen MR) is 65.8 cm³/mol. The average molecular weight is 308 g/mol. The molecule has 0 aromatic heterocycles. The largest absolute Gasteiger partial charge is 0.409 e. The summed E-state index contributed by atoms with van der Waals surface area (Å²) in [5.41, 5.74) is 0. The summed E-state index contributed by atoms with van der Waals surface area (Å²) in [4.78, 5) is 0. The minimum atomic E-state index is -4.91. The molecule has 0 radical (unpaired) electrons. The van der Waals surface area contributed by atoms with Crippen molar-refractivity contribution in [3.05, 3.63) is 10.4 Å². The maximum atomic E-state index is 13.0. The van der Waals surface area contributed by atoms with Crippen molar-refractivity contribution in [2.75, 3.05) is 0 Å². The molecule has 108 valence electrons. The topological polar surface area (TPSA) is 0 Å². The lowest BCUT2D eigenvalue weighted by atomic mass is 10.4. The van der Waals surface area contributed by atoms with E-state index in [0.717, 1.165) is 0 Å². The first-order chi connectivity index (χ1) is 7.49. The van der Waals surface area contributed by atoms with Crippen LogP contribution in [0.25, 0.3) is 0 Å².